The monoisotopic (exact) mass is 420 g/mol. The summed E-state index contributed by atoms with van der Waals surface area (Å²) in [7, 11) is 0. The molecular weight excluding hydrogens is 392 g/mol. The highest BCUT2D eigenvalue weighted by Gasteiger charge is 2.32. The molecule has 1 N–H and O–H groups in total. The van der Waals surface area contributed by atoms with Crippen LogP contribution in [0, 0.1) is 0 Å². The number of piperidine rings is 1. The average molecular weight is 421 g/mol. The Kier molecular flexibility index (Phi) is 4.87. The molecule has 0 spiro atoms. The lowest BCUT2D eigenvalue weighted by Gasteiger charge is -2.31. The molecular formula is C23H28N6O2. The zero-order valence-corrected chi connectivity index (χ0v) is 18.3. The molecule has 0 radical (unpaired) electrons. The summed E-state index contributed by atoms with van der Waals surface area (Å²) in [5.74, 6) is 3.51. The molecule has 1 aliphatic heterocycles. The zero-order valence-electron chi connectivity index (χ0n) is 18.3. The van der Waals surface area contributed by atoms with Gasteiger partial charge in [0.1, 0.15) is 5.82 Å². The van der Waals surface area contributed by atoms with Crippen LogP contribution in [0.5, 0.6) is 0 Å². The van der Waals surface area contributed by atoms with Crippen molar-refractivity contribution in [2.75, 3.05) is 13.1 Å². The number of H-pyrrole nitrogens is 1. The van der Waals surface area contributed by atoms with Gasteiger partial charge in [0.25, 0.3) is 11.8 Å². The first-order chi connectivity index (χ1) is 14.9. The van der Waals surface area contributed by atoms with Crippen LogP contribution in [0.15, 0.2) is 28.8 Å². The SMILES string of the molecule is CC(C)(C)c1noc(-c2ccccc2C(=O)N2CCCC(c3n[nH]c(C4CC4)n3)C2)n1. The molecule has 5 rings (SSSR count). The molecule has 3 heterocycles. The summed E-state index contributed by atoms with van der Waals surface area (Å²) >= 11 is 0. The highest BCUT2D eigenvalue weighted by Crippen LogP contribution is 2.38. The van der Waals surface area contributed by atoms with E-state index in [1.54, 1.807) is 0 Å². The standard InChI is InChI=1S/C23H28N6O2/c1-23(2,3)22-25-20(31-28-22)16-8-4-5-9-17(16)21(30)29-12-6-7-15(13-29)19-24-18(26-27-19)14-10-11-14/h4-5,8-9,14-15H,6-7,10-13H2,1-3H3,(H,24,26,27). The van der Waals surface area contributed by atoms with Crippen molar-refractivity contribution < 1.29 is 9.32 Å². The van der Waals surface area contributed by atoms with Crippen LogP contribution in [0.25, 0.3) is 11.5 Å². The molecule has 2 fully saturated rings. The van der Waals surface area contributed by atoms with E-state index in [1.807, 2.05) is 49.9 Å². The number of carbonyl (C=O) groups excluding carboxylic acids is 1. The molecule has 1 unspecified atom stereocenters. The third-order valence-corrected chi connectivity index (χ3v) is 6.04. The van der Waals surface area contributed by atoms with Crippen molar-refractivity contribution in [3.8, 4) is 11.5 Å². The lowest BCUT2D eigenvalue weighted by Crippen LogP contribution is -2.39. The Morgan fingerprint density at radius 3 is 2.68 bits per heavy atom. The van der Waals surface area contributed by atoms with Crippen LogP contribution in [0.3, 0.4) is 0 Å². The van der Waals surface area contributed by atoms with Gasteiger partial charge in [-0.25, -0.2) is 4.98 Å². The molecule has 1 saturated carbocycles. The summed E-state index contributed by atoms with van der Waals surface area (Å²) in [6.07, 6.45) is 4.30. The van der Waals surface area contributed by atoms with Crippen LogP contribution in [0.2, 0.25) is 0 Å². The van der Waals surface area contributed by atoms with Gasteiger partial charge in [-0.2, -0.15) is 10.1 Å². The maximum atomic E-state index is 13.5. The highest BCUT2D eigenvalue weighted by atomic mass is 16.5. The molecule has 1 saturated heterocycles. The molecule has 1 amide bonds. The fourth-order valence-electron chi connectivity index (χ4n) is 4.05. The number of hydrogen-bond donors (Lipinski definition) is 1. The van der Waals surface area contributed by atoms with Gasteiger partial charge >= 0.3 is 0 Å². The van der Waals surface area contributed by atoms with E-state index in [-0.39, 0.29) is 17.2 Å². The normalized spacial score (nSPS) is 19.6. The second kappa shape index (κ2) is 7.59. The number of amides is 1. The smallest absolute Gasteiger partial charge is 0.258 e. The maximum Gasteiger partial charge on any atom is 0.258 e. The van der Waals surface area contributed by atoms with E-state index in [0.717, 1.165) is 31.0 Å². The Labute approximate surface area is 181 Å². The van der Waals surface area contributed by atoms with E-state index in [4.69, 9.17) is 9.51 Å². The largest absolute Gasteiger partial charge is 0.338 e. The molecule has 2 aromatic heterocycles. The third kappa shape index (κ3) is 3.98. The maximum absolute atomic E-state index is 13.5. The predicted molar refractivity (Wildman–Crippen MR) is 115 cm³/mol. The number of likely N-dealkylation sites (tertiary alicyclic amines) is 1. The highest BCUT2D eigenvalue weighted by molar-refractivity contribution is 6.00. The quantitative estimate of drug-likeness (QED) is 0.683. The summed E-state index contributed by atoms with van der Waals surface area (Å²) in [5, 5.41) is 11.7. The van der Waals surface area contributed by atoms with Crippen molar-refractivity contribution in [2.24, 2.45) is 0 Å². The van der Waals surface area contributed by atoms with E-state index in [1.165, 1.54) is 12.8 Å². The van der Waals surface area contributed by atoms with Crippen LogP contribution in [-0.2, 0) is 5.41 Å². The van der Waals surface area contributed by atoms with Crippen molar-refractivity contribution in [3.63, 3.8) is 0 Å². The van der Waals surface area contributed by atoms with Gasteiger partial charge in [-0.05, 0) is 37.8 Å². The van der Waals surface area contributed by atoms with Gasteiger partial charge in [-0.15, -0.1) is 0 Å². The van der Waals surface area contributed by atoms with Gasteiger partial charge in [0.05, 0.1) is 11.1 Å². The molecule has 162 valence electrons. The Hall–Kier alpha value is -3.03. The first kappa shape index (κ1) is 19.9. The van der Waals surface area contributed by atoms with E-state index in [0.29, 0.717) is 35.3 Å². The Bertz CT molecular complexity index is 1090. The first-order valence-electron chi connectivity index (χ1n) is 11.0. The number of rotatable bonds is 4. The Morgan fingerprint density at radius 1 is 1.13 bits per heavy atom. The summed E-state index contributed by atoms with van der Waals surface area (Å²) in [6, 6.07) is 7.46. The van der Waals surface area contributed by atoms with Crippen molar-refractivity contribution in [1.29, 1.82) is 0 Å². The van der Waals surface area contributed by atoms with Gasteiger partial charge in [0.2, 0.25) is 0 Å². The minimum atomic E-state index is -0.226. The lowest BCUT2D eigenvalue weighted by atomic mass is 9.95. The van der Waals surface area contributed by atoms with Crippen molar-refractivity contribution >= 4 is 5.91 Å². The van der Waals surface area contributed by atoms with Crippen LogP contribution < -0.4 is 0 Å². The second-order valence-corrected chi connectivity index (χ2v) is 9.66. The Morgan fingerprint density at radius 2 is 1.94 bits per heavy atom. The van der Waals surface area contributed by atoms with Gasteiger partial charge in [0, 0.05) is 30.3 Å². The molecule has 1 aliphatic carbocycles. The lowest BCUT2D eigenvalue weighted by molar-refractivity contribution is 0.0705. The fourth-order valence-corrected chi connectivity index (χ4v) is 4.05. The molecule has 3 aromatic rings. The van der Waals surface area contributed by atoms with Crippen molar-refractivity contribution in [3.05, 3.63) is 47.3 Å². The topological polar surface area (TPSA) is 101 Å². The van der Waals surface area contributed by atoms with Crippen molar-refractivity contribution in [2.45, 2.75) is 63.7 Å². The van der Waals surface area contributed by atoms with Gasteiger partial charge in [-0.3, -0.25) is 9.89 Å². The molecule has 8 nitrogen and oxygen atoms in total. The summed E-state index contributed by atoms with van der Waals surface area (Å²) in [4.78, 5) is 24.7. The molecule has 1 aromatic carbocycles. The second-order valence-electron chi connectivity index (χ2n) is 9.66. The third-order valence-electron chi connectivity index (χ3n) is 6.04. The fraction of sp³-hybridized carbons (Fsp3) is 0.522. The van der Waals surface area contributed by atoms with Crippen LogP contribution in [0.4, 0.5) is 0 Å². The van der Waals surface area contributed by atoms with Crippen LogP contribution in [0.1, 0.15) is 86.1 Å². The van der Waals surface area contributed by atoms with E-state index in [2.05, 4.69) is 20.3 Å². The van der Waals surface area contributed by atoms with Gasteiger partial charge in [-0.1, -0.05) is 38.1 Å². The molecule has 0 bridgehead atoms. The average Bonchev–Trinajstić information content (AvgIpc) is 3.28. The number of aromatic nitrogens is 5. The number of aromatic amines is 1. The van der Waals surface area contributed by atoms with Gasteiger partial charge < -0.3 is 9.42 Å². The molecule has 8 heteroatoms. The van der Waals surface area contributed by atoms with E-state index >= 15 is 0 Å². The van der Waals surface area contributed by atoms with E-state index < -0.39 is 0 Å². The van der Waals surface area contributed by atoms with Gasteiger partial charge in [0.15, 0.2) is 11.6 Å². The predicted octanol–water partition coefficient (Wildman–Crippen LogP) is 4.05. The molecule has 2 aliphatic rings. The van der Waals surface area contributed by atoms with Crippen LogP contribution >= 0.6 is 0 Å². The van der Waals surface area contributed by atoms with E-state index in [9.17, 15) is 4.79 Å². The number of carbonyl (C=O) groups is 1. The molecule has 1 atom stereocenters. The first-order valence-corrected chi connectivity index (χ1v) is 11.0. The number of nitrogens with zero attached hydrogens (tertiary/aromatic N) is 5. The number of benzene rings is 1. The summed E-state index contributed by atoms with van der Waals surface area (Å²) in [6.45, 7) is 7.44. The minimum Gasteiger partial charge on any atom is -0.338 e. The number of nitrogens with one attached hydrogen (secondary N) is 1. The zero-order chi connectivity index (χ0) is 21.6. The minimum absolute atomic E-state index is 0.0197. The summed E-state index contributed by atoms with van der Waals surface area (Å²) < 4.78 is 5.52. The summed E-state index contributed by atoms with van der Waals surface area (Å²) in [5.41, 5.74) is 1.03. The molecule has 31 heavy (non-hydrogen) atoms. The Balaban J connectivity index is 1.38. The van der Waals surface area contributed by atoms with Crippen LogP contribution in [-0.4, -0.2) is 49.2 Å². The number of hydrogen-bond acceptors (Lipinski definition) is 6. The van der Waals surface area contributed by atoms with Crippen molar-refractivity contribution in [1.82, 2.24) is 30.2 Å².